The Balaban J connectivity index is 2.11. The number of hydrogen-bond donors (Lipinski definition) is 2. The summed E-state index contributed by atoms with van der Waals surface area (Å²) in [6, 6.07) is 3.26. The highest BCUT2D eigenvalue weighted by molar-refractivity contribution is 5.93. The number of ether oxygens (including phenoxy) is 1. The summed E-state index contributed by atoms with van der Waals surface area (Å²) < 4.78 is 31.2. The van der Waals surface area contributed by atoms with Crippen LogP contribution >= 0.6 is 0 Å². The van der Waals surface area contributed by atoms with E-state index >= 15 is 0 Å². The van der Waals surface area contributed by atoms with E-state index in [4.69, 9.17) is 4.74 Å². The second-order valence-electron chi connectivity index (χ2n) is 5.41. The number of nitrogens with one attached hydrogen (secondary N) is 2. The van der Waals surface area contributed by atoms with Gasteiger partial charge in [-0.05, 0) is 31.7 Å². The highest BCUT2D eigenvalue weighted by atomic mass is 19.2. The summed E-state index contributed by atoms with van der Waals surface area (Å²) >= 11 is 0. The van der Waals surface area contributed by atoms with Crippen LogP contribution in [0.2, 0.25) is 0 Å². The number of esters is 1. The highest BCUT2D eigenvalue weighted by Gasteiger charge is 2.24. The number of urea groups is 1. The zero-order chi connectivity index (χ0) is 17.7. The fourth-order valence-corrected chi connectivity index (χ4v) is 2.36. The molecule has 130 valence electrons. The van der Waals surface area contributed by atoms with Gasteiger partial charge in [0.25, 0.3) is 0 Å². The van der Waals surface area contributed by atoms with Gasteiger partial charge < -0.3 is 15.4 Å². The number of likely N-dealkylation sites (N-methyl/N-ethyl adjacent to an activating group) is 1. The van der Waals surface area contributed by atoms with Crippen molar-refractivity contribution in [3.8, 4) is 0 Å². The zero-order valence-electron chi connectivity index (χ0n) is 13.5. The topological polar surface area (TPSA) is 70.7 Å². The predicted octanol–water partition coefficient (Wildman–Crippen LogP) is 1.53. The molecular formula is C16H19F2N3O3. The molecule has 0 saturated heterocycles. The van der Waals surface area contributed by atoms with Crippen LogP contribution in [0.3, 0.4) is 0 Å². The molecule has 0 spiro atoms. The number of nitrogens with zero attached hydrogens (tertiary/aromatic N) is 1. The average molecular weight is 339 g/mol. The molecule has 0 aliphatic carbocycles. The number of amides is 2. The number of hydrogen-bond acceptors (Lipinski definition) is 4. The van der Waals surface area contributed by atoms with Crippen LogP contribution in [0.15, 0.2) is 29.5 Å². The Labute approximate surface area is 138 Å². The van der Waals surface area contributed by atoms with E-state index in [-0.39, 0.29) is 19.7 Å². The van der Waals surface area contributed by atoms with Gasteiger partial charge in [0.15, 0.2) is 11.6 Å². The summed E-state index contributed by atoms with van der Waals surface area (Å²) in [4.78, 5) is 25.2. The summed E-state index contributed by atoms with van der Waals surface area (Å²) in [5.41, 5.74) is 1.35. The van der Waals surface area contributed by atoms with E-state index < -0.39 is 23.6 Å². The van der Waals surface area contributed by atoms with Crippen LogP contribution in [0.1, 0.15) is 12.5 Å². The maximum Gasteiger partial charge on any atom is 0.337 e. The summed E-state index contributed by atoms with van der Waals surface area (Å²) in [5, 5.41) is 5.12. The molecule has 2 rings (SSSR count). The Morgan fingerprint density at radius 3 is 2.71 bits per heavy atom. The minimum Gasteiger partial charge on any atom is -0.463 e. The Morgan fingerprint density at radius 1 is 1.29 bits per heavy atom. The molecule has 1 aromatic carbocycles. The van der Waals surface area contributed by atoms with E-state index in [1.165, 1.54) is 6.07 Å². The third kappa shape index (κ3) is 4.51. The molecule has 0 bridgehead atoms. The van der Waals surface area contributed by atoms with E-state index in [1.54, 1.807) is 18.9 Å². The van der Waals surface area contributed by atoms with Gasteiger partial charge in [-0.25, -0.2) is 18.4 Å². The number of carbonyl (C=O) groups excluding carboxylic acids is 2. The standard InChI is InChI=1S/C16H19F2N3O3/c1-3-24-15(22)11-7-19-16(23)20-14(11)9-21(2)8-10-4-5-12(17)13(18)6-10/h4-6H,3,7-9H2,1-2H3,(H2,19,20,23). The van der Waals surface area contributed by atoms with Crippen molar-refractivity contribution in [1.29, 1.82) is 0 Å². The van der Waals surface area contributed by atoms with Gasteiger partial charge in [-0.3, -0.25) is 4.90 Å². The first-order valence-corrected chi connectivity index (χ1v) is 7.47. The third-order valence-corrected chi connectivity index (χ3v) is 3.44. The first-order chi connectivity index (χ1) is 11.4. The van der Waals surface area contributed by atoms with Gasteiger partial charge >= 0.3 is 12.0 Å². The second kappa shape index (κ2) is 7.87. The molecule has 1 aliphatic rings. The molecule has 1 aromatic rings. The normalized spacial score (nSPS) is 14.5. The second-order valence-corrected chi connectivity index (χ2v) is 5.41. The molecule has 2 N–H and O–H groups in total. The molecule has 0 aromatic heterocycles. The van der Waals surface area contributed by atoms with Crippen molar-refractivity contribution < 1.29 is 23.1 Å². The van der Waals surface area contributed by atoms with Crippen LogP contribution in [-0.2, 0) is 16.1 Å². The molecular weight excluding hydrogens is 320 g/mol. The molecule has 24 heavy (non-hydrogen) atoms. The van der Waals surface area contributed by atoms with E-state index in [0.717, 1.165) is 12.1 Å². The number of benzene rings is 1. The number of rotatable bonds is 6. The fraction of sp³-hybridized carbons (Fsp3) is 0.375. The highest BCUT2D eigenvalue weighted by Crippen LogP contribution is 2.13. The summed E-state index contributed by atoms with van der Waals surface area (Å²) in [6.45, 7) is 2.58. The molecule has 8 heteroatoms. The maximum absolute atomic E-state index is 13.3. The molecule has 0 saturated carbocycles. The summed E-state index contributed by atoms with van der Waals surface area (Å²) in [6.07, 6.45) is 0. The first-order valence-electron chi connectivity index (χ1n) is 7.47. The Kier molecular flexibility index (Phi) is 5.86. The molecule has 1 aliphatic heterocycles. The van der Waals surface area contributed by atoms with Crippen LogP contribution in [-0.4, -0.2) is 43.6 Å². The zero-order valence-corrected chi connectivity index (χ0v) is 13.5. The SMILES string of the molecule is CCOC(=O)C1=C(CN(C)Cc2ccc(F)c(F)c2)NC(=O)NC1. The quantitative estimate of drug-likeness (QED) is 0.771. The molecule has 1 heterocycles. The first kappa shape index (κ1) is 17.9. The lowest BCUT2D eigenvalue weighted by atomic mass is 10.1. The Morgan fingerprint density at radius 2 is 2.04 bits per heavy atom. The van der Waals surface area contributed by atoms with Gasteiger partial charge in [0.2, 0.25) is 0 Å². The lowest BCUT2D eigenvalue weighted by Gasteiger charge is -2.25. The van der Waals surface area contributed by atoms with E-state index in [0.29, 0.717) is 23.4 Å². The number of carbonyl (C=O) groups is 2. The summed E-state index contributed by atoms with van der Waals surface area (Å²) in [5.74, 6) is -2.32. The van der Waals surface area contributed by atoms with Gasteiger partial charge in [0.1, 0.15) is 0 Å². The minimum absolute atomic E-state index is 0.0824. The van der Waals surface area contributed by atoms with Crippen LogP contribution < -0.4 is 10.6 Å². The Hall–Kier alpha value is -2.48. The van der Waals surface area contributed by atoms with Crippen molar-refractivity contribution in [3.63, 3.8) is 0 Å². The Bertz CT molecular complexity index is 677. The van der Waals surface area contributed by atoms with E-state index in [2.05, 4.69) is 10.6 Å². The predicted molar refractivity (Wildman–Crippen MR) is 82.9 cm³/mol. The van der Waals surface area contributed by atoms with Gasteiger partial charge in [-0.15, -0.1) is 0 Å². The largest absolute Gasteiger partial charge is 0.463 e. The van der Waals surface area contributed by atoms with Gasteiger partial charge in [0, 0.05) is 18.8 Å². The van der Waals surface area contributed by atoms with Gasteiger partial charge in [-0.2, -0.15) is 0 Å². The van der Waals surface area contributed by atoms with Crippen LogP contribution in [0.5, 0.6) is 0 Å². The van der Waals surface area contributed by atoms with E-state index in [9.17, 15) is 18.4 Å². The molecule has 0 fully saturated rings. The van der Waals surface area contributed by atoms with Crippen molar-refractivity contribution in [2.45, 2.75) is 13.5 Å². The van der Waals surface area contributed by atoms with E-state index in [1.807, 2.05) is 0 Å². The van der Waals surface area contributed by atoms with Crippen LogP contribution in [0, 0.1) is 11.6 Å². The number of halogens is 2. The third-order valence-electron chi connectivity index (χ3n) is 3.44. The molecule has 0 radical (unpaired) electrons. The van der Waals surface area contributed by atoms with Gasteiger partial charge in [-0.1, -0.05) is 6.07 Å². The lowest BCUT2D eigenvalue weighted by molar-refractivity contribution is -0.138. The fourth-order valence-electron chi connectivity index (χ4n) is 2.36. The maximum atomic E-state index is 13.3. The monoisotopic (exact) mass is 339 g/mol. The molecule has 0 atom stereocenters. The smallest absolute Gasteiger partial charge is 0.337 e. The van der Waals surface area contributed by atoms with Crippen molar-refractivity contribution in [2.24, 2.45) is 0 Å². The van der Waals surface area contributed by atoms with Crippen molar-refractivity contribution >= 4 is 12.0 Å². The van der Waals surface area contributed by atoms with Crippen molar-refractivity contribution in [3.05, 3.63) is 46.7 Å². The average Bonchev–Trinajstić information content (AvgIpc) is 2.51. The van der Waals surface area contributed by atoms with Crippen molar-refractivity contribution in [2.75, 3.05) is 26.7 Å². The van der Waals surface area contributed by atoms with Crippen LogP contribution in [0.25, 0.3) is 0 Å². The molecule has 6 nitrogen and oxygen atoms in total. The molecule has 0 unspecified atom stereocenters. The van der Waals surface area contributed by atoms with Gasteiger partial charge in [0.05, 0.1) is 18.7 Å². The minimum atomic E-state index is -0.914. The lowest BCUT2D eigenvalue weighted by Crippen LogP contribution is -2.46. The van der Waals surface area contributed by atoms with Crippen molar-refractivity contribution in [1.82, 2.24) is 15.5 Å². The summed E-state index contributed by atoms with van der Waals surface area (Å²) in [7, 11) is 1.74. The molecule has 2 amide bonds. The van der Waals surface area contributed by atoms with Crippen LogP contribution in [0.4, 0.5) is 13.6 Å².